The smallest absolute Gasteiger partial charge is 0.228 e. The van der Waals surface area contributed by atoms with Crippen molar-refractivity contribution in [3.05, 3.63) is 29.8 Å². The molecule has 0 saturated heterocycles. The van der Waals surface area contributed by atoms with E-state index in [1.165, 1.54) is 24.8 Å². The molecule has 2 N–H and O–H groups in total. The number of carbonyl (C=O) groups excluding carboxylic acids is 1. The highest BCUT2D eigenvalue weighted by atomic mass is 16.2. The van der Waals surface area contributed by atoms with Gasteiger partial charge in [0.05, 0.1) is 0 Å². The lowest BCUT2D eigenvalue weighted by atomic mass is 10.1. The van der Waals surface area contributed by atoms with Gasteiger partial charge in [0.1, 0.15) is 0 Å². The molecule has 1 amide bonds. The van der Waals surface area contributed by atoms with Gasteiger partial charge in [-0.1, -0.05) is 25.5 Å². The summed E-state index contributed by atoms with van der Waals surface area (Å²) in [5, 5.41) is 6.56. The van der Waals surface area contributed by atoms with Gasteiger partial charge in [0.25, 0.3) is 0 Å². The first-order chi connectivity index (χ1) is 10.2. The zero-order valence-electron chi connectivity index (χ0n) is 13.1. The number of nitrogens with one attached hydrogen (secondary N) is 2. The molecule has 2 saturated carbocycles. The molecule has 3 heteroatoms. The highest BCUT2D eigenvalue weighted by Crippen LogP contribution is 2.57. The summed E-state index contributed by atoms with van der Waals surface area (Å²) in [7, 11) is 0. The van der Waals surface area contributed by atoms with Crippen molar-refractivity contribution in [3.8, 4) is 0 Å². The van der Waals surface area contributed by atoms with Gasteiger partial charge in [0, 0.05) is 17.6 Å². The normalized spacial score (nSPS) is 28.0. The quantitative estimate of drug-likeness (QED) is 0.836. The Bertz CT molecular complexity index is 486. The fourth-order valence-corrected chi connectivity index (χ4v) is 3.77. The van der Waals surface area contributed by atoms with E-state index in [2.05, 4.69) is 36.6 Å². The van der Waals surface area contributed by atoms with Gasteiger partial charge in [0.2, 0.25) is 5.91 Å². The summed E-state index contributed by atoms with van der Waals surface area (Å²) in [5.74, 6) is 1.89. The topological polar surface area (TPSA) is 41.1 Å². The van der Waals surface area contributed by atoms with Crippen molar-refractivity contribution in [1.29, 1.82) is 0 Å². The number of amides is 1. The van der Waals surface area contributed by atoms with E-state index in [-0.39, 0.29) is 5.91 Å². The average Bonchev–Trinajstić information content (AvgIpc) is 2.99. The molecule has 1 aromatic carbocycles. The molecular formula is C18H26N2O. The molecule has 114 valence electrons. The Labute approximate surface area is 127 Å². The van der Waals surface area contributed by atoms with Crippen LogP contribution in [-0.4, -0.2) is 12.5 Å². The summed E-state index contributed by atoms with van der Waals surface area (Å²) in [4.78, 5) is 12.2. The predicted molar refractivity (Wildman–Crippen MR) is 86.1 cm³/mol. The van der Waals surface area contributed by atoms with Gasteiger partial charge in [-0.25, -0.2) is 0 Å². The molecule has 21 heavy (non-hydrogen) atoms. The number of rotatable bonds is 6. The molecule has 0 bridgehead atoms. The Hall–Kier alpha value is -1.35. The van der Waals surface area contributed by atoms with E-state index >= 15 is 0 Å². The lowest BCUT2D eigenvalue weighted by Crippen LogP contribution is -2.19. The number of fused-ring (bicyclic) bond motifs is 1. The van der Waals surface area contributed by atoms with Crippen LogP contribution >= 0.6 is 0 Å². The predicted octanol–water partition coefficient (Wildman–Crippen LogP) is 3.73. The van der Waals surface area contributed by atoms with Crippen LogP contribution in [0.25, 0.3) is 0 Å². The molecule has 0 radical (unpaired) electrons. The van der Waals surface area contributed by atoms with Gasteiger partial charge in [-0.2, -0.15) is 0 Å². The Balaban J connectivity index is 1.53. The summed E-state index contributed by atoms with van der Waals surface area (Å²) >= 11 is 0. The van der Waals surface area contributed by atoms with E-state index in [9.17, 15) is 4.79 Å². The molecule has 0 spiro atoms. The van der Waals surface area contributed by atoms with E-state index in [0.29, 0.717) is 23.8 Å². The molecule has 2 aliphatic rings. The fourth-order valence-electron chi connectivity index (χ4n) is 3.77. The number of hydrogen-bond donors (Lipinski definition) is 2. The average molecular weight is 286 g/mol. The molecule has 0 aliphatic heterocycles. The first-order valence-corrected chi connectivity index (χ1v) is 8.35. The van der Waals surface area contributed by atoms with Crippen LogP contribution in [0.5, 0.6) is 0 Å². The van der Waals surface area contributed by atoms with Crippen LogP contribution in [0.15, 0.2) is 24.3 Å². The molecule has 3 rings (SSSR count). The zero-order chi connectivity index (χ0) is 14.8. The number of hydrogen-bond acceptors (Lipinski definition) is 2. The van der Waals surface area contributed by atoms with Crippen molar-refractivity contribution >= 4 is 11.6 Å². The highest BCUT2D eigenvalue weighted by Gasteiger charge is 2.56. The first kappa shape index (κ1) is 14.6. The molecule has 2 aliphatic carbocycles. The second kappa shape index (κ2) is 6.18. The summed E-state index contributed by atoms with van der Waals surface area (Å²) in [5.41, 5.74) is 2.20. The third kappa shape index (κ3) is 3.13. The standard InChI is InChI=1S/C18H26N2O/c1-3-11-19-12(2)13-7-9-14(10-8-13)20-18(21)17-15-5-4-6-16(15)17/h7-10,12,15-17,19H,3-6,11H2,1-2H3,(H,20,21). The summed E-state index contributed by atoms with van der Waals surface area (Å²) in [6, 6.07) is 8.62. The van der Waals surface area contributed by atoms with Crippen molar-refractivity contribution in [3.63, 3.8) is 0 Å². The number of anilines is 1. The maximum absolute atomic E-state index is 12.2. The third-order valence-electron chi connectivity index (χ3n) is 5.09. The largest absolute Gasteiger partial charge is 0.326 e. The Morgan fingerprint density at radius 2 is 1.90 bits per heavy atom. The third-order valence-corrected chi connectivity index (χ3v) is 5.09. The van der Waals surface area contributed by atoms with Gasteiger partial charge in [0.15, 0.2) is 0 Å². The summed E-state index contributed by atoms with van der Waals surface area (Å²) in [6.45, 7) is 5.38. The molecule has 3 atom stereocenters. The monoisotopic (exact) mass is 286 g/mol. The Morgan fingerprint density at radius 3 is 2.52 bits per heavy atom. The van der Waals surface area contributed by atoms with E-state index < -0.39 is 0 Å². The van der Waals surface area contributed by atoms with Crippen LogP contribution in [0.3, 0.4) is 0 Å². The Morgan fingerprint density at radius 1 is 1.24 bits per heavy atom. The zero-order valence-corrected chi connectivity index (χ0v) is 13.1. The van der Waals surface area contributed by atoms with Crippen LogP contribution in [0.2, 0.25) is 0 Å². The van der Waals surface area contributed by atoms with Gasteiger partial charge in [-0.3, -0.25) is 4.79 Å². The van der Waals surface area contributed by atoms with Crippen molar-refractivity contribution in [2.75, 3.05) is 11.9 Å². The minimum absolute atomic E-state index is 0.231. The van der Waals surface area contributed by atoms with E-state index in [0.717, 1.165) is 18.7 Å². The van der Waals surface area contributed by atoms with E-state index in [4.69, 9.17) is 0 Å². The summed E-state index contributed by atoms with van der Waals surface area (Å²) < 4.78 is 0. The van der Waals surface area contributed by atoms with Crippen molar-refractivity contribution in [2.24, 2.45) is 17.8 Å². The SMILES string of the molecule is CCCNC(C)c1ccc(NC(=O)C2C3CCCC32)cc1. The lowest BCUT2D eigenvalue weighted by molar-refractivity contribution is -0.118. The van der Waals surface area contributed by atoms with Crippen LogP contribution in [-0.2, 0) is 4.79 Å². The van der Waals surface area contributed by atoms with Crippen molar-refractivity contribution < 1.29 is 4.79 Å². The summed E-state index contributed by atoms with van der Waals surface area (Å²) in [6.07, 6.45) is 4.96. The maximum Gasteiger partial charge on any atom is 0.228 e. The number of carbonyl (C=O) groups is 1. The molecule has 0 heterocycles. The van der Waals surface area contributed by atoms with Crippen LogP contribution in [0.1, 0.15) is 51.1 Å². The molecule has 3 nitrogen and oxygen atoms in total. The Kier molecular flexibility index (Phi) is 4.29. The van der Waals surface area contributed by atoms with E-state index in [1.807, 2.05) is 12.1 Å². The van der Waals surface area contributed by atoms with Crippen molar-refractivity contribution in [2.45, 2.75) is 45.6 Å². The number of benzene rings is 1. The molecule has 3 unspecified atom stereocenters. The molecule has 2 fully saturated rings. The van der Waals surface area contributed by atoms with Crippen LogP contribution < -0.4 is 10.6 Å². The second-order valence-electron chi connectivity index (χ2n) is 6.57. The minimum Gasteiger partial charge on any atom is -0.326 e. The second-order valence-corrected chi connectivity index (χ2v) is 6.57. The van der Waals surface area contributed by atoms with Gasteiger partial charge >= 0.3 is 0 Å². The molecular weight excluding hydrogens is 260 g/mol. The van der Waals surface area contributed by atoms with Crippen molar-refractivity contribution in [1.82, 2.24) is 5.32 Å². The van der Waals surface area contributed by atoms with Gasteiger partial charge in [-0.05, 0) is 62.3 Å². The van der Waals surface area contributed by atoms with Crippen LogP contribution in [0, 0.1) is 17.8 Å². The minimum atomic E-state index is 0.231. The van der Waals surface area contributed by atoms with Crippen LogP contribution in [0.4, 0.5) is 5.69 Å². The fraction of sp³-hybridized carbons (Fsp3) is 0.611. The molecule has 1 aromatic rings. The first-order valence-electron chi connectivity index (χ1n) is 8.35. The van der Waals surface area contributed by atoms with Gasteiger partial charge in [-0.15, -0.1) is 0 Å². The highest BCUT2D eigenvalue weighted by molar-refractivity contribution is 5.95. The maximum atomic E-state index is 12.2. The lowest BCUT2D eigenvalue weighted by Gasteiger charge is -2.14. The molecule has 0 aromatic heterocycles. The van der Waals surface area contributed by atoms with Gasteiger partial charge < -0.3 is 10.6 Å². The van der Waals surface area contributed by atoms with E-state index in [1.54, 1.807) is 0 Å².